The number of para-hydroxylation sites is 1. The molecule has 0 atom stereocenters. The molecule has 0 radical (unpaired) electrons. The summed E-state index contributed by atoms with van der Waals surface area (Å²) in [6, 6.07) is 28.7. The number of fused-ring (bicyclic) bond motifs is 1. The second-order valence-corrected chi connectivity index (χ2v) is 6.80. The van der Waals surface area contributed by atoms with Crippen LogP contribution in [0.1, 0.15) is 10.6 Å². The first-order valence-corrected chi connectivity index (χ1v) is 9.56. The normalized spacial score (nSPS) is 10.8. The van der Waals surface area contributed by atoms with E-state index in [1.165, 1.54) is 0 Å². The van der Waals surface area contributed by atoms with Crippen LogP contribution in [0.3, 0.4) is 0 Å². The molecule has 5 nitrogen and oxygen atoms in total. The van der Waals surface area contributed by atoms with Crippen molar-refractivity contribution in [3.63, 3.8) is 0 Å². The van der Waals surface area contributed by atoms with Gasteiger partial charge in [-0.2, -0.15) is 0 Å². The fourth-order valence-corrected chi connectivity index (χ4v) is 3.30. The van der Waals surface area contributed by atoms with Crippen molar-refractivity contribution in [3.8, 4) is 22.7 Å². The Hall–Kier alpha value is -4.25. The second kappa shape index (κ2) is 7.64. The third kappa shape index (κ3) is 3.44. The molecule has 144 valence electrons. The number of hydrogen-bond acceptors (Lipinski definition) is 4. The Morgan fingerprint density at radius 1 is 0.800 bits per heavy atom. The molecule has 0 aliphatic carbocycles. The highest BCUT2D eigenvalue weighted by Gasteiger charge is 2.22. The Balaban J connectivity index is 1.54. The van der Waals surface area contributed by atoms with Crippen molar-refractivity contribution >= 4 is 22.5 Å². The average molecular weight is 391 g/mol. The fraction of sp³-hybridized carbons (Fsp3) is 0. The molecule has 0 saturated heterocycles. The molecule has 5 rings (SSSR count). The van der Waals surface area contributed by atoms with Gasteiger partial charge in [0.25, 0.3) is 5.91 Å². The minimum absolute atomic E-state index is 0.160. The van der Waals surface area contributed by atoms with Crippen LogP contribution >= 0.6 is 0 Å². The van der Waals surface area contributed by atoms with Gasteiger partial charge in [0.2, 0.25) is 11.7 Å². The van der Waals surface area contributed by atoms with Crippen LogP contribution in [0.4, 0.5) is 5.69 Å². The van der Waals surface area contributed by atoms with E-state index in [9.17, 15) is 4.79 Å². The first-order chi connectivity index (χ1) is 14.8. The molecule has 5 heteroatoms. The summed E-state index contributed by atoms with van der Waals surface area (Å²) in [5.41, 5.74) is 3.58. The fourth-order valence-electron chi connectivity index (χ4n) is 3.30. The molecule has 30 heavy (non-hydrogen) atoms. The number of nitrogens with zero attached hydrogens (tertiary/aromatic N) is 2. The highest BCUT2D eigenvalue weighted by molar-refractivity contribution is 6.06. The third-order valence-electron chi connectivity index (χ3n) is 4.75. The van der Waals surface area contributed by atoms with Gasteiger partial charge in [-0.15, -0.1) is 0 Å². The minimum atomic E-state index is -0.374. The molecule has 0 aliphatic heterocycles. The maximum Gasteiger partial charge on any atom is 0.293 e. The number of pyridine rings is 1. The second-order valence-electron chi connectivity index (χ2n) is 6.80. The van der Waals surface area contributed by atoms with Gasteiger partial charge in [0.15, 0.2) is 0 Å². The van der Waals surface area contributed by atoms with Crippen LogP contribution in [0.2, 0.25) is 0 Å². The molecule has 0 bridgehead atoms. The summed E-state index contributed by atoms with van der Waals surface area (Å²) >= 11 is 0. The van der Waals surface area contributed by atoms with E-state index in [1.54, 1.807) is 6.20 Å². The Labute approximate surface area is 173 Å². The molecule has 0 fully saturated rings. The molecule has 2 heterocycles. The van der Waals surface area contributed by atoms with E-state index in [-0.39, 0.29) is 11.7 Å². The number of nitrogens with one attached hydrogen (secondary N) is 1. The van der Waals surface area contributed by atoms with Gasteiger partial charge in [-0.3, -0.25) is 9.78 Å². The Bertz CT molecular complexity index is 1330. The van der Waals surface area contributed by atoms with Crippen LogP contribution in [0, 0.1) is 0 Å². The molecule has 5 aromatic rings. The summed E-state index contributed by atoms with van der Waals surface area (Å²) in [5.74, 6) is 0.185. The molecule has 1 amide bonds. The summed E-state index contributed by atoms with van der Waals surface area (Å²) in [4.78, 5) is 22.1. The lowest BCUT2D eigenvalue weighted by molar-refractivity contribution is 0.0998. The van der Waals surface area contributed by atoms with E-state index >= 15 is 0 Å². The standard InChI is InChI=1S/C25H17N3O2/c29-24(27-20-15-19-13-7-8-14-21(19)26-16-20)23-22(17-9-3-1-4-10-17)28-25(30-23)18-11-5-2-6-12-18/h1-16H,(H,27,29). The van der Waals surface area contributed by atoms with Crippen LogP contribution in [0.5, 0.6) is 0 Å². The van der Waals surface area contributed by atoms with Gasteiger partial charge in [0.1, 0.15) is 5.69 Å². The quantitative estimate of drug-likeness (QED) is 0.420. The lowest BCUT2D eigenvalue weighted by Crippen LogP contribution is -2.12. The van der Waals surface area contributed by atoms with Gasteiger partial charge < -0.3 is 9.73 Å². The molecule has 2 aromatic heterocycles. The van der Waals surface area contributed by atoms with Crippen molar-refractivity contribution in [2.75, 3.05) is 5.32 Å². The maximum atomic E-state index is 13.1. The largest absolute Gasteiger partial charge is 0.430 e. The monoisotopic (exact) mass is 391 g/mol. The first-order valence-electron chi connectivity index (χ1n) is 9.56. The summed E-state index contributed by atoms with van der Waals surface area (Å²) in [6.07, 6.45) is 1.64. The third-order valence-corrected chi connectivity index (χ3v) is 4.75. The number of aromatic nitrogens is 2. The van der Waals surface area contributed by atoms with Crippen molar-refractivity contribution in [1.29, 1.82) is 0 Å². The summed E-state index contributed by atoms with van der Waals surface area (Å²) in [5, 5.41) is 3.84. The molecular weight excluding hydrogens is 374 g/mol. The Kier molecular flexibility index (Phi) is 4.54. The van der Waals surface area contributed by atoms with E-state index in [0.717, 1.165) is 22.0 Å². The molecule has 0 unspecified atom stereocenters. The first kappa shape index (κ1) is 17.8. The number of benzene rings is 3. The highest BCUT2D eigenvalue weighted by atomic mass is 16.4. The lowest BCUT2D eigenvalue weighted by Gasteiger charge is -2.05. The number of amides is 1. The lowest BCUT2D eigenvalue weighted by atomic mass is 10.1. The number of anilines is 1. The van der Waals surface area contributed by atoms with Crippen LogP contribution in [0.15, 0.2) is 102 Å². The van der Waals surface area contributed by atoms with Crippen molar-refractivity contribution in [2.45, 2.75) is 0 Å². The molecule has 1 N–H and O–H groups in total. The molecule has 0 saturated carbocycles. The van der Waals surface area contributed by atoms with Gasteiger partial charge in [-0.1, -0.05) is 66.7 Å². The van der Waals surface area contributed by atoms with Crippen LogP contribution in [-0.4, -0.2) is 15.9 Å². The SMILES string of the molecule is O=C(Nc1cnc2ccccc2c1)c1oc(-c2ccccc2)nc1-c1ccccc1. The van der Waals surface area contributed by atoms with Gasteiger partial charge in [-0.05, 0) is 24.3 Å². The maximum absolute atomic E-state index is 13.1. The summed E-state index contributed by atoms with van der Waals surface area (Å²) in [6.45, 7) is 0. The minimum Gasteiger partial charge on any atom is -0.430 e. The number of rotatable bonds is 4. The molecule has 0 spiro atoms. The van der Waals surface area contributed by atoms with E-state index < -0.39 is 0 Å². The molecular formula is C25H17N3O2. The smallest absolute Gasteiger partial charge is 0.293 e. The van der Waals surface area contributed by atoms with Gasteiger partial charge >= 0.3 is 0 Å². The predicted octanol–water partition coefficient (Wildman–Crippen LogP) is 5.81. The number of carbonyl (C=O) groups is 1. The predicted molar refractivity (Wildman–Crippen MR) is 117 cm³/mol. The van der Waals surface area contributed by atoms with Crippen molar-refractivity contribution in [1.82, 2.24) is 9.97 Å². The number of carbonyl (C=O) groups excluding carboxylic acids is 1. The van der Waals surface area contributed by atoms with Crippen molar-refractivity contribution in [2.24, 2.45) is 0 Å². The zero-order valence-corrected chi connectivity index (χ0v) is 15.9. The van der Waals surface area contributed by atoms with E-state index in [1.807, 2.05) is 91.0 Å². The Morgan fingerprint density at radius 2 is 1.47 bits per heavy atom. The summed E-state index contributed by atoms with van der Waals surface area (Å²) in [7, 11) is 0. The van der Waals surface area contributed by atoms with E-state index in [2.05, 4.69) is 15.3 Å². The van der Waals surface area contributed by atoms with Crippen LogP contribution in [0.25, 0.3) is 33.6 Å². The zero-order valence-electron chi connectivity index (χ0n) is 15.9. The van der Waals surface area contributed by atoms with Crippen LogP contribution < -0.4 is 5.32 Å². The van der Waals surface area contributed by atoms with Gasteiger partial charge in [-0.25, -0.2) is 4.98 Å². The van der Waals surface area contributed by atoms with Crippen molar-refractivity contribution in [3.05, 3.63) is 103 Å². The summed E-state index contributed by atoms with van der Waals surface area (Å²) < 4.78 is 5.93. The number of oxazole rings is 1. The Morgan fingerprint density at radius 3 is 2.23 bits per heavy atom. The van der Waals surface area contributed by atoms with Gasteiger partial charge in [0, 0.05) is 16.5 Å². The van der Waals surface area contributed by atoms with E-state index in [4.69, 9.17) is 4.42 Å². The number of hydrogen-bond donors (Lipinski definition) is 1. The van der Waals surface area contributed by atoms with Gasteiger partial charge in [0.05, 0.1) is 17.4 Å². The molecule has 3 aromatic carbocycles. The van der Waals surface area contributed by atoms with E-state index in [0.29, 0.717) is 17.3 Å². The average Bonchev–Trinajstić information content (AvgIpc) is 3.26. The highest BCUT2D eigenvalue weighted by Crippen LogP contribution is 2.29. The van der Waals surface area contributed by atoms with Crippen LogP contribution in [-0.2, 0) is 0 Å². The topological polar surface area (TPSA) is 68.0 Å². The van der Waals surface area contributed by atoms with Crippen molar-refractivity contribution < 1.29 is 9.21 Å². The molecule has 0 aliphatic rings. The zero-order chi connectivity index (χ0) is 20.3.